The second-order valence-corrected chi connectivity index (χ2v) is 9.90. The summed E-state index contributed by atoms with van der Waals surface area (Å²) in [5.74, 6) is 0.929. The molecule has 2 aliphatic carbocycles. The first-order valence-electron chi connectivity index (χ1n) is 9.97. The summed E-state index contributed by atoms with van der Waals surface area (Å²) in [7, 11) is -3.38. The number of benzene rings is 1. The highest BCUT2D eigenvalue weighted by Gasteiger charge is 2.30. The molecule has 0 bridgehead atoms. The maximum Gasteiger partial charge on any atom is 0.230 e. The molecular formula is C22H22N4O2S. The van der Waals surface area contributed by atoms with Gasteiger partial charge in [-0.1, -0.05) is 12.1 Å². The van der Waals surface area contributed by atoms with Crippen molar-refractivity contribution in [1.82, 2.24) is 9.55 Å². The van der Waals surface area contributed by atoms with E-state index < -0.39 is 10.0 Å². The van der Waals surface area contributed by atoms with Gasteiger partial charge in [0.15, 0.2) is 0 Å². The van der Waals surface area contributed by atoms with Gasteiger partial charge in [-0.2, -0.15) is 5.26 Å². The second-order valence-electron chi connectivity index (χ2n) is 8.15. The Labute approximate surface area is 170 Å². The normalized spacial score (nSPS) is 17.1. The van der Waals surface area contributed by atoms with Gasteiger partial charge in [0.05, 0.1) is 23.0 Å². The fourth-order valence-corrected chi connectivity index (χ4v) is 4.70. The van der Waals surface area contributed by atoms with Crippen molar-refractivity contribution in [2.75, 3.05) is 11.0 Å². The van der Waals surface area contributed by atoms with Crippen molar-refractivity contribution in [2.45, 2.75) is 44.1 Å². The van der Waals surface area contributed by atoms with E-state index in [1.54, 1.807) is 12.3 Å². The smallest absolute Gasteiger partial charge is 0.230 e. The number of fused-ring (bicyclic) bond motifs is 1. The number of nitriles is 1. The van der Waals surface area contributed by atoms with Crippen LogP contribution in [0.1, 0.15) is 55.2 Å². The zero-order valence-corrected chi connectivity index (χ0v) is 17.0. The van der Waals surface area contributed by atoms with Crippen LogP contribution in [0.2, 0.25) is 0 Å². The molecule has 2 aliphatic rings. The van der Waals surface area contributed by atoms with Crippen molar-refractivity contribution >= 4 is 26.7 Å². The molecule has 29 heavy (non-hydrogen) atoms. The van der Waals surface area contributed by atoms with Crippen LogP contribution in [-0.4, -0.2) is 24.2 Å². The van der Waals surface area contributed by atoms with Crippen molar-refractivity contribution in [2.24, 2.45) is 0 Å². The molecular weight excluding hydrogens is 384 g/mol. The first kappa shape index (κ1) is 18.2. The lowest BCUT2D eigenvalue weighted by Gasteiger charge is -2.30. The standard InChI is InChI=1S/C22H22N4O2S/c1-29(27,28)25-21-10-8-16(13-24-21)22-19(12-23)18-9-7-15(14-5-6-14)11-20(18)26(22)17-3-2-4-17/h7-11,13-14,17H,2-6H2,1H3,(H,24,25). The highest BCUT2D eigenvalue weighted by atomic mass is 32.2. The van der Waals surface area contributed by atoms with Crippen LogP contribution in [0.3, 0.4) is 0 Å². The fourth-order valence-electron chi connectivity index (χ4n) is 4.20. The first-order chi connectivity index (χ1) is 13.9. The summed E-state index contributed by atoms with van der Waals surface area (Å²) in [5.41, 5.74) is 4.87. The molecule has 0 spiro atoms. The molecule has 148 valence electrons. The van der Waals surface area contributed by atoms with Crippen LogP contribution in [0.5, 0.6) is 0 Å². The summed E-state index contributed by atoms with van der Waals surface area (Å²) in [6, 6.07) is 12.8. The molecule has 6 nitrogen and oxygen atoms in total. The van der Waals surface area contributed by atoms with E-state index in [1.807, 2.05) is 6.07 Å². The van der Waals surface area contributed by atoms with Gasteiger partial charge in [-0.15, -0.1) is 0 Å². The molecule has 2 fully saturated rings. The van der Waals surface area contributed by atoms with Gasteiger partial charge in [-0.25, -0.2) is 13.4 Å². The third kappa shape index (κ3) is 3.28. The lowest BCUT2D eigenvalue weighted by atomic mass is 9.92. The van der Waals surface area contributed by atoms with Gasteiger partial charge in [0.1, 0.15) is 11.9 Å². The minimum atomic E-state index is -3.38. The zero-order valence-electron chi connectivity index (χ0n) is 16.2. The Bertz CT molecular complexity index is 1240. The molecule has 0 amide bonds. The molecule has 0 atom stereocenters. The Morgan fingerprint density at radius 1 is 1.17 bits per heavy atom. The Balaban J connectivity index is 1.68. The predicted molar refractivity (Wildman–Crippen MR) is 113 cm³/mol. The van der Waals surface area contributed by atoms with Crippen molar-refractivity contribution in [3.05, 3.63) is 47.7 Å². The number of aromatic nitrogens is 2. The zero-order chi connectivity index (χ0) is 20.2. The second kappa shape index (κ2) is 6.60. The summed E-state index contributed by atoms with van der Waals surface area (Å²) in [6.07, 6.45) is 8.65. The van der Waals surface area contributed by atoms with E-state index in [9.17, 15) is 13.7 Å². The maximum absolute atomic E-state index is 11.5. The van der Waals surface area contributed by atoms with Gasteiger partial charge >= 0.3 is 0 Å². The molecule has 1 N–H and O–H groups in total. The van der Waals surface area contributed by atoms with Crippen molar-refractivity contribution in [3.63, 3.8) is 0 Å². The highest BCUT2D eigenvalue weighted by Crippen LogP contribution is 2.45. The van der Waals surface area contributed by atoms with E-state index >= 15 is 0 Å². The SMILES string of the molecule is CS(=O)(=O)Nc1ccc(-c2c(C#N)c3ccc(C4CC4)cc3n2C2CCC2)cn1. The van der Waals surface area contributed by atoms with E-state index in [-0.39, 0.29) is 5.82 Å². The van der Waals surface area contributed by atoms with Crippen LogP contribution in [0.4, 0.5) is 5.82 Å². The lowest BCUT2D eigenvalue weighted by molar-refractivity contribution is 0.324. The van der Waals surface area contributed by atoms with E-state index in [4.69, 9.17) is 0 Å². The minimum absolute atomic E-state index is 0.275. The summed E-state index contributed by atoms with van der Waals surface area (Å²) in [5, 5.41) is 11.0. The molecule has 2 saturated carbocycles. The number of hydrogen-bond acceptors (Lipinski definition) is 4. The van der Waals surface area contributed by atoms with Crippen LogP contribution >= 0.6 is 0 Å². The monoisotopic (exact) mass is 406 g/mol. The Morgan fingerprint density at radius 2 is 1.97 bits per heavy atom. The third-order valence-corrected chi connectivity index (χ3v) is 6.54. The highest BCUT2D eigenvalue weighted by molar-refractivity contribution is 7.92. The van der Waals surface area contributed by atoms with E-state index in [0.29, 0.717) is 17.5 Å². The van der Waals surface area contributed by atoms with E-state index in [0.717, 1.165) is 41.3 Å². The predicted octanol–water partition coefficient (Wildman–Crippen LogP) is 4.55. The third-order valence-electron chi connectivity index (χ3n) is 5.96. The topological polar surface area (TPSA) is 87.8 Å². The molecule has 0 radical (unpaired) electrons. The number of nitrogens with one attached hydrogen (secondary N) is 1. The molecule has 2 aromatic heterocycles. The lowest BCUT2D eigenvalue weighted by Crippen LogP contribution is -2.18. The van der Waals surface area contributed by atoms with E-state index in [2.05, 4.69) is 38.5 Å². The Kier molecular flexibility index (Phi) is 4.14. The molecule has 0 aliphatic heterocycles. The maximum atomic E-state index is 11.5. The average molecular weight is 407 g/mol. The van der Waals surface area contributed by atoms with Crippen LogP contribution < -0.4 is 4.72 Å². The average Bonchev–Trinajstić information content (AvgIpc) is 3.43. The van der Waals surface area contributed by atoms with Gasteiger partial charge in [0.25, 0.3) is 0 Å². The molecule has 7 heteroatoms. The summed E-state index contributed by atoms with van der Waals surface area (Å²) in [6.45, 7) is 0. The molecule has 0 unspecified atom stereocenters. The molecule has 3 aromatic rings. The van der Waals surface area contributed by atoms with Crippen LogP contribution in [0.25, 0.3) is 22.2 Å². The summed E-state index contributed by atoms with van der Waals surface area (Å²) < 4.78 is 27.6. The molecule has 0 saturated heterocycles. The number of hydrogen-bond donors (Lipinski definition) is 1. The van der Waals surface area contributed by atoms with Crippen LogP contribution in [0, 0.1) is 11.3 Å². The summed E-state index contributed by atoms with van der Waals surface area (Å²) >= 11 is 0. The van der Waals surface area contributed by atoms with Gasteiger partial charge < -0.3 is 4.57 Å². The molecule has 1 aromatic carbocycles. The van der Waals surface area contributed by atoms with Gasteiger partial charge in [0, 0.05) is 23.2 Å². The Hall–Kier alpha value is -2.85. The quantitative estimate of drug-likeness (QED) is 0.673. The first-order valence-corrected chi connectivity index (χ1v) is 11.9. The number of rotatable bonds is 5. The van der Waals surface area contributed by atoms with Crippen molar-refractivity contribution in [3.8, 4) is 17.3 Å². The van der Waals surface area contributed by atoms with E-state index in [1.165, 1.54) is 24.8 Å². The molecule has 5 rings (SSSR count). The number of pyridine rings is 1. The van der Waals surface area contributed by atoms with Crippen molar-refractivity contribution < 1.29 is 8.42 Å². The van der Waals surface area contributed by atoms with Gasteiger partial charge in [-0.05, 0) is 61.8 Å². The number of anilines is 1. The van der Waals surface area contributed by atoms with Crippen LogP contribution in [0.15, 0.2) is 36.5 Å². The van der Waals surface area contributed by atoms with Gasteiger partial charge in [-0.3, -0.25) is 4.72 Å². The number of nitrogens with zero attached hydrogens (tertiary/aromatic N) is 3. The number of sulfonamides is 1. The molecule has 2 heterocycles. The Morgan fingerprint density at radius 3 is 2.52 bits per heavy atom. The van der Waals surface area contributed by atoms with Gasteiger partial charge in [0.2, 0.25) is 10.0 Å². The van der Waals surface area contributed by atoms with Crippen molar-refractivity contribution in [1.29, 1.82) is 5.26 Å². The van der Waals surface area contributed by atoms with Crippen LogP contribution in [-0.2, 0) is 10.0 Å². The summed E-state index contributed by atoms with van der Waals surface area (Å²) in [4.78, 5) is 4.27. The fraction of sp³-hybridized carbons (Fsp3) is 0.364. The minimum Gasteiger partial charge on any atom is -0.336 e. The largest absolute Gasteiger partial charge is 0.336 e.